The number of carbonyl (C=O) groups excluding carboxylic acids is 1. The lowest BCUT2D eigenvalue weighted by molar-refractivity contribution is -0.118. The molecule has 1 aliphatic heterocycles. The largest absolute Gasteiger partial charge is 0.324 e. The Bertz CT molecular complexity index is 743. The number of benzene rings is 1. The molecule has 0 unspecified atom stereocenters. The molecule has 0 radical (unpaired) electrons. The Balaban J connectivity index is 2.08. The summed E-state index contributed by atoms with van der Waals surface area (Å²) >= 11 is 6.49. The average Bonchev–Trinajstić information content (AvgIpc) is 2.50. The number of carbonyl (C=O) groups is 1. The van der Waals surface area contributed by atoms with Crippen molar-refractivity contribution in [1.82, 2.24) is 4.98 Å². The maximum Gasteiger partial charge on any atom is 0.227 e. The molecular weight excluding hydrogens is 298 g/mol. The molecule has 2 heterocycles. The van der Waals surface area contributed by atoms with E-state index in [0.717, 1.165) is 34.4 Å². The highest BCUT2D eigenvalue weighted by molar-refractivity contribution is 6.34. The van der Waals surface area contributed by atoms with Gasteiger partial charge in [0.05, 0.1) is 5.02 Å². The summed E-state index contributed by atoms with van der Waals surface area (Å²) in [6.07, 6.45) is 4.76. The first-order chi connectivity index (χ1) is 10.5. The van der Waals surface area contributed by atoms with Crippen molar-refractivity contribution in [2.24, 2.45) is 5.73 Å². The van der Waals surface area contributed by atoms with E-state index in [4.69, 9.17) is 17.3 Å². The van der Waals surface area contributed by atoms with Crippen LogP contribution in [0.2, 0.25) is 5.02 Å². The quantitative estimate of drug-likeness (QED) is 0.924. The van der Waals surface area contributed by atoms with Gasteiger partial charge in [-0.25, -0.2) is 0 Å². The number of amides is 1. The van der Waals surface area contributed by atoms with Gasteiger partial charge in [0.2, 0.25) is 5.91 Å². The Kier molecular flexibility index (Phi) is 3.89. The lowest BCUT2D eigenvalue weighted by Crippen LogP contribution is -2.30. The molecule has 0 fully saturated rings. The van der Waals surface area contributed by atoms with E-state index in [-0.39, 0.29) is 11.9 Å². The molecule has 0 spiro atoms. The number of anilines is 1. The second-order valence-corrected chi connectivity index (χ2v) is 6.05. The van der Waals surface area contributed by atoms with Crippen molar-refractivity contribution in [2.45, 2.75) is 25.8 Å². The molecule has 1 amide bonds. The fourth-order valence-corrected chi connectivity index (χ4v) is 3.18. The monoisotopic (exact) mass is 315 g/mol. The summed E-state index contributed by atoms with van der Waals surface area (Å²) < 4.78 is 0. The minimum Gasteiger partial charge on any atom is -0.324 e. The average molecular weight is 316 g/mol. The van der Waals surface area contributed by atoms with E-state index in [1.165, 1.54) is 0 Å². The Morgan fingerprint density at radius 2 is 2.09 bits per heavy atom. The zero-order chi connectivity index (χ0) is 15.9. The number of pyridine rings is 1. The van der Waals surface area contributed by atoms with Gasteiger partial charge in [-0.05, 0) is 36.6 Å². The second kappa shape index (κ2) is 5.71. The predicted molar refractivity (Wildman–Crippen MR) is 89.0 cm³/mol. The van der Waals surface area contributed by atoms with Crippen molar-refractivity contribution in [3.05, 3.63) is 46.7 Å². The summed E-state index contributed by atoms with van der Waals surface area (Å²) in [5, 5.41) is 0.644. The van der Waals surface area contributed by atoms with Crippen molar-refractivity contribution in [3.63, 3.8) is 0 Å². The van der Waals surface area contributed by atoms with Crippen LogP contribution >= 0.6 is 11.6 Å². The second-order valence-electron chi connectivity index (χ2n) is 5.68. The van der Waals surface area contributed by atoms with Gasteiger partial charge in [0, 0.05) is 48.7 Å². The van der Waals surface area contributed by atoms with Crippen LogP contribution in [0.25, 0.3) is 11.1 Å². The highest BCUT2D eigenvalue weighted by Gasteiger charge is 2.21. The van der Waals surface area contributed by atoms with Crippen LogP contribution in [0, 0.1) is 0 Å². The third kappa shape index (κ3) is 2.49. The Hall–Kier alpha value is -1.91. The number of hydrogen-bond donors (Lipinski definition) is 1. The minimum atomic E-state index is -0.165. The van der Waals surface area contributed by atoms with Crippen LogP contribution < -0.4 is 10.6 Å². The van der Waals surface area contributed by atoms with Gasteiger partial charge in [-0.1, -0.05) is 17.7 Å². The molecule has 4 nitrogen and oxygen atoms in total. The summed E-state index contributed by atoms with van der Waals surface area (Å²) in [6.45, 7) is 1.89. The van der Waals surface area contributed by atoms with Crippen LogP contribution in [0.4, 0.5) is 5.69 Å². The lowest BCUT2D eigenvalue weighted by Gasteiger charge is -2.26. The van der Waals surface area contributed by atoms with E-state index in [2.05, 4.69) is 11.1 Å². The number of fused-ring (bicyclic) bond motifs is 1. The van der Waals surface area contributed by atoms with Gasteiger partial charge in [0.25, 0.3) is 0 Å². The molecule has 114 valence electrons. The smallest absolute Gasteiger partial charge is 0.227 e. The molecule has 5 heteroatoms. The SMILES string of the molecule is C[C@@H](N)c1cncc(-c2ccc3c(c2)CCC(=O)N3C)c1Cl. The molecule has 1 aliphatic rings. The molecule has 1 aromatic carbocycles. The fraction of sp³-hybridized carbons (Fsp3) is 0.294. The molecule has 0 aliphatic carbocycles. The molecule has 2 aromatic rings. The minimum absolute atomic E-state index is 0.152. The van der Waals surface area contributed by atoms with E-state index >= 15 is 0 Å². The van der Waals surface area contributed by atoms with Gasteiger partial charge in [-0.2, -0.15) is 0 Å². The number of halogens is 1. The number of nitrogens with zero attached hydrogens (tertiary/aromatic N) is 2. The van der Waals surface area contributed by atoms with Crippen molar-refractivity contribution >= 4 is 23.2 Å². The Labute approximate surface area is 134 Å². The maximum atomic E-state index is 11.8. The summed E-state index contributed by atoms with van der Waals surface area (Å²) in [4.78, 5) is 17.7. The van der Waals surface area contributed by atoms with Gasteiger partial charge in [0.1, 0.15) is 0 Å². The molecule has 0 saturated heterocycles. The molecule has 22 heavy (non-hydrogen) atoms. The zero-order valence-corrected chi connectivity index (χ0v) is 13.4. The van der Waals surface area contributed by atoms with Gasteiger partial charge in [0.15, 0.2) is 0 Å². The van der Waals surface area contributed by atoms with Crippen LogP contribution in [0.1, 0.15) is 30.5 Å². The molecule has 2 N–H and O–H groups in total. The van der Waals surface area contributed by atoms with Gasteiger partial charge >= 0.3 is 0 Å². The molecule has 1 aromatic heterocycles. The van der Waals surface area contributed by atoms with E-state index in [9.17, 15) is 4.79 Å². The molecule has 3 rings (SSSR count). The first-order valence-electron chi connectivity index (χ1n) is 7.28. The van der Waals surface area contributed by atoms with Crippen LogP contribution in [0.3, 0.4) is 0 Å². The first kappa shape index (κ1) is 15.0. The number of hydrogen-bond acceptors (Lipinski definition) is 3. The van der Waals surface area contributed by atoms with E-state index in [1.54, 1.807) is 17.3 Å². The third-order valence-corrected chi connectivity index (χ3v) is 4.55. The van der Waals surface area contributed by atoms with Gasteiger partial charge < -0.3 is 10.6 Å². The Morgan fingerprint density at radius 1 is 1.32 bits per heavy atom. The molecule has 1 atom stereocenters. The number of aromatic nitrogens is 1. The van der Waals surface area contributed by atoms with Crippen LogP contribution in [-0.2, 0) is 11.2 Å². The molecule has 0 saturated carbocycles. The lowest BCUT2D eigenvalue weighted by atomic mass is 9.96. The number of aryl methyl sites for hydroxylation is 1. The van der Waals surface area contributed by atoms with Gasteiger partial charge in [-0.15, -0.1) is 0 Å². The van der Waals surface area contributed by atoms with Crippen molar-refractivity contribution in [3.8, 4) is 11.1 Å². The van der Waals surface area contributed by atoms with Crippen molar-refractivity contribution in [1.29, 1.82) is 0 Å². The number of nitrogens with two attached hydrogens (primary N) is 1. The first-order valence-corrected chi connectivity index (χ1v) is 7.65. The van der Waals surface area contributed by atoms with Crippen molar-refractivity contribution < 1.29 is 4.79 Å². The normalized spacial score (nSPS) is 15.6. The topological polar surface area (TPSA) is 59.2 Å². The van der Waals surface area contributed by atoms with E-state index < -0.39 is 0 Å². The van der Waals surface area contributed by atoms with Gasteiger partial charge in [-0.3, -0.25) is 9.78 Å². The molecular formula is C17H18ClN3O. The Morgan fingerprint density at radius 3 is 2.82 bits per heavy atom. The van der Waals surface area contributed by atoms with Crippen LogP contribution in [-0.4, -0.2) is 17.9 Å². The maximum absolute atomic E-state index is 11.8. The summed E-state index contributed by atoms with van der Waals surface area (Å²) in [5.41, 5.74) is 10.8. The zero-order valence-electron chi connectivity index (χ0n) is 12.6. The van der Waals surface area contributed by atoms with Crippen LogP contribution in [0.15, 0.2) is 30.6 Å². The van der Waals surface area contributed by atoms with Crippen LogP contribution in [0.5, 0.6) is 0 Å². The van der Waals surface area contributed by atoms with E-state index in [1.807, 2.05) is 26.1 Å². The predicted octanol–water partition coefficient (Wildman–Crippen LogP) is 3.33. The highest BCUT2D eigenvalue weighted by atomic mass is 35.5. The van der Waals surface area contributed by atoms with Crippen molar-refractivity contribution in [2.75, 3.05) is 11.9 Å². The van der Waals surface area contributed by atoms with E-state index in [0.29, 0.717) is 11.4 Å². The third-order valence-electron chi connectivity index (χ3n) is 4.13. The summed E-state index contributed by atoms with van der Waals surface area (Å²) in [7, 11) is 1.81. The standard InChI is InChI=1S/C17H18ClN3O/c1-10(19)13-8-20-9-14(17(13)18)11-3-5-15-12(7-11)4-6-16(22)21(15)2/h3,5,7-10H,4,6,19H2,1-2H3/t10-/m1/s1. The highest BCUT2D eigenvalue weighted by Crippen LogP contribution is 2.36. The fourth-order valence-electron chi connectivity index (χ4n) is 2.80. The summed E-state index contributed by atoms with van der Waals surface area (Å²) in [6, 6.07) is 5.87. The molecule has 0 bridgehead atoms. The number of rotatable bonds is 2. The summed E-state index contributed by atoms with van der Waals surface area (Å²) in [5.74, 6) is 0.152.